The first-order valence-electron chi connectivity index (χ1n) is 13.0. The van der Waals surface area contributed by atoms with Crippen LogP contribution in [0, 0.1) is 6.92 Å². The van der Waals surface area contributed by atoms with Gasteiger partial charge in [-0.2, -0.15) is 0 Å². The van der Waals surface area contributed by atoms with Crippen molar-refractivity contribution in [3.05, 3.63) is 106 Å². The number of nitrogens with one attached hydrogen (secondary N) is 1. The van der Waals surface area contributed by atoms with E-state index in [1.807, 2.05) is 104 Å². The van der Waals surface area contributed by atoms with Gasteiger partial charge in [-0.25, -0.2) is 0 Å². The molecule has 5 rings (SSSR count). The molecule has 0 saturated heterocycles. The summed E-state index contributed by atoms with van der Waals surface area (Å²) in [6.45, 7) is 7.99. The summed E-state index contributed by atoms with van der Waals surface area (Å²) in [5, 5.41) is 12.4. The zero-order chi connectivity index (χ0) is 28.9. The van der Waals surface area contributed by atoms with Crippen molar-refractivity contribution in [1.29, 1.82) is 0 Å². The van der Waals surface area contributed by atoms with Gasteiger partial charge in [0.15, 0.2) is 14.1 Å². The van der Waals surface area contributed by atoms with Crippen LogP contribution in [-0.4, -0.2) is 46.6 Å². The van der Waals surface area contributed by atoms with Gasteiger partial charge in [-0.1, -0.05) is 54.1 Å². The van der Waals surface area contributed by atoms with Crippen molar-refractivity contribution in [1.82, 2.24) is 20.1 Å². The molecule has 40 heavy (non-hydrogen) atoms. The van der Waals surface area contributed by atoms with Crippen LogP contribution in [0.15, 0.2) is 77.8 Å². The lowest BCUT2D eigenvalue weighted by Gasteiger charge is -2.14. The van der Waals surface area contributed by atoms with Crippen molar-refractivity contribution in [3.8, 4) is 11.4 Å². The maximum absolute atomic E-state index is 13.0. The van der Waals surface area contributed by atoms with E-state index >= 15 is 0 Å². The number of carbonyl (C=O) groups excluding carboxylic acids is 1. The summed E-state index contributed by atoms with van der Waals surface area (Å²) < 4.78 is 7.48. The quantitative estimate of drug-likeness (QED) is 0.289. The lowest BCUT2D eigenvalue weighted by atomic mass is 10.00. The molecular weight excluding hydrogens is 542 g/mol. The fourth-order valence-electron chi connectivity index (χ4n) is 4.22. The van der Waals surface area contributed by atoms with Gasteiger partial charge in [0.25, 0.3) is 0 Å². The highest BCUT2D eigenvalue weighted by Gasteiger charge is 2.30. The van der Waals surface area contributed by atoms with Crippen LogP contribution < -0.4 is 10.1 Å². The summed E-state index contributed by atoms with van der Waals surface area (Å²) in [7, 11) is 0.0207. The van der Waals surface area contributed by atoms with Crippen LogP contribution in [0.4, 0.5) is 0 Å². The van der Waals surface area contributed by atoms with Crippen LogP contribution >= 0.6 is 11.6 Å². The molecule has 208 valence electrons. The Labute approximate surface area is 240 Å². The summed E-state index contributed by atoms with van der Waals surface area (Å²) in [6, 6.07) is 22.6. The van der Waals surface area contributed by atoms with Crippen molar-refractivity contribution >= 4 is 31.5 Å². The average molecular weight is 576 g/mol. The lowest BCUT2D eigenvalue weighted by molar-refractivity contribution is -0.121. The second kappa shape index (κ2) is 12.6. The fraction of sp³-hybridized carbons (Fsp3) is 0.267. The summed E-state index contributed by atoms with van der Waals surface area (Å²) in [4.78, 5) is 26.7. The van der Waals surface area contributed by atoms with Gasteiger partial charge in [0, 0.05) is 22.7 Å². The highest BCUT2D eigenvalue weighted by Crippen LogP contribution is 2.34. The van der Waals surface area contributed by atoms with Crippen LogP contribution in [0.25, 0.3) is 5.69 Å². The van der Waals surface area contributed by atoms with E-state index in [0.29, 0.717) is 29.0 Å². The molecule has 2 N–H and O–H groups in total. The Morgan fingerprint density at radius 3 is 2.38 bits per heavy atom. The molecule has 10 heteroatoms. The number of aryl methyl sites for hydroxylation is 1. The minimum Gasteiger partial charge on any atom is -0.497 e. The highest BCUT2D eigenvalue weighted by molar-refractivity contribution is 6.68. The number of benzene rings is 3. The number of fused-ring (bicyclic) bond motifs is 3. The zero-order valence-electron chi connectivity index (χ0n) is 23.4. The molecule has 4 aromatic rings. The van der Waals surface area contributed by atoms with Crippen LogP contribution in [0.3, 0.4) is 0 Å². The minimum absolute atomic E-state index is 0.117. The van der Waals surface area contributed by atoms with E-state index in [-0.39, 0.29) is 12.3 Å². The predicted molar refractivity (Wildman–Crippen MR) is 161 cm³/mol. The standard InChI is InChI=1S/C27H24ClN5O2.C3H10OSi/c1-17-31-32-27-23(15-25(34)29-16-18-6-4-3-5-7-18)30-26(19-8-10-20(28)11-9-19)22-14-21(35-2)12-13-24(22)33(17)27;1-5(2,3)4/h3-14,23H,15-16H2,1-2H3,(H,29,34);4H,1-3H3/t23-;/m0./s1. The molecule has 0 saturated carbocycles. The maximum Gasteiger partial charge on any atom is 0.222 e. The van der Waals surface area contributed by atoms with Crippen LogP contribution in [0.2, 0.25) is 24.7 Å². The Morgan fingerprint density at radius 2 is 1.73 bits per heavy atom. The second-order valence-electron chi connectivity index (χ2n) is 10.5. The molecule has 8 nitrogen and oxygen atoms in total. The second-order valence-corrected chi connectivity index (χ2v) is 15.2. The summed E-state index contributed by atoms with van der Waals surface area (Å²) in [5.41, 5.74) is 4.40. The van der Waals surface area contributed by atoms with E-state index < -0.39 is 14.4 Å². The largest absolute Gasteiger partial charge is 0.497 e. The molecular formula is C30H34ClN5O3Si. The summed E-state index contributed by atoms with van der Waals surface area (Å²) in [5.74, 6) is 1.92. The first-order valence-corrected chi connectivity index (χ1v) is 16.8. The molecule has 0 fully saturated rings. The molecule has 1 aromatic heterocycles. The molecule has 3 aromatic carbocycles. The van der Waals surface area contributed by atoms with Gasteiger partial charge < -0.3 is 14.8 Å². The number of methoxy groups -OCH3 is 1. The van der Waals surface area contributed by atoms with E-state index in [9.17, 15) is 4.79 Å². The Morgan fingerprint density at radius 1 is 1.05 bits per heavy atom. The highest BCUT2D eigenvalue weighted by atomic mass is 35.5. The maximum atomic E-state index is 13.0. The van der Waals surface area contributed by atoms with E-state index in [2.05, 4.69) is 15.5 Å². The van der Waals surface area contributed by atoms with Crippen LogP contribution in [0.5, 0.6) is 5.75 Å². The van der Waals surface area contributed by atoms with Gasteiger partial charge in [-0.15, -0.1) is 10.2 Å². The van der Waals surface area contributed by atoms with E-state index in [1.165, 1.54) is 0 Å². The number of aromatic nitrogens is 3. The summed E-state index contributed by atoms with van der Waals surface area (Å²) in [6.07, 6.45) is 0.132. The van der Waals surface area contributed by atoms with E-state index in [4.69, 9.17) is 26.1 Å². The monoisotopic (exact) mass is 575 g/mol. The van der Waals surface area contributed by atoms with Crippen LogP contribution in [0.1, 0.15) is 40.8 Å². The number of hydrogen-bond donors (Lipinski definition) is 2. The molecule has 0 spiro atoms. The predicted octanol–water partition coefficient (Wildman–Crippen LogP) is 5.65. The molecule has 1 aliphatic heterocycles. The number of hydrogen-bond acceptors (Lipinski definition) is 6. The number of halogens is 1. The van der Waals surface area contributed by atoms with Crippen molar-refractivity contribution < 1.29 is 14.3 Å². The zero-order valence-corrected chi connectivity index (χ0v) is 25.1. The van der Waals surface area contributed by atoms with Gasteiger partial charge in [-0.3, -0.25) is 14.4 Å². The minimum atomic E-state index is -1.61. The van der Waals surface area contributed by atoms with Crippen molar-refractivity contribution in [2.45, 2.75) is 45.6 Å². The fourth-order valence-corrected chi connectivity index (χ4v) is 4.35. The third kappa shape index (κ3) is 7.44. The Bertz CT molecular complexity index is 1490. The van der Waals surface area contributed by atoms with Crippen molar-refractivity contribution in [2.24, 2.45) is 4.99 Å². The molecule has 1 amide bonds. The number of ether oxygens (including phenoxy) is 1. The third-order valence-corrected chi connectivity index (χ3v) is 6.21. The van der Waals surface area contributed by atoms with Crippen LogP contribution in [-0.2, 0) is 11.3 Å². The molecule has 0 bridgehead atoms. The SMILES string of the molecule is COc1ccc2c(c1)C(c1ccc(Cl)cc1)=N[C@@H](CC(=O)NCc1ccccc1)c1nnc(C)n1-2.C[Si](C)(C)O. The average Bonchev–Trinajstić information content (AvgIpc) is 3.24. The first-order chi connectivity index (χ1) is 19.0. The number of nitrogens with zero attached hydrogens (tertiary/aromatic N) is 4. The Balaban J connectivity index is 0.000000681. The van der Waals surface area contributed by atoms with Gasteiger partial charge >= 0.3 is 0 Å². The molecule has 1 aliphatic rings. The number of aliphatic imine (C=N–C) groups is 1. The van der Waals surface area contributed by atoms with Gasteiger partial charge in [0.1, 0.15) is 17.6 Å². The number of carbonyl (C=O) groups is 1. The van der Waals surface area contributed by atoms with Gasteiger partial charge in [-0.05, 0) is 62.5 Å². The molecule has 0 aliphatic carbocycles. The molecule has 1 atom stereocenters. The third-order valence-electron chi connectivity index (χ3n) is 5.96. The summed E-state index contributed by atoms with van der Waals surface area (Å²) >= 11 is 6.15. The smallest absolute Gasteiger partial charge is 0.222 e. The van der Waals surface area contributed by atoms with E-state index in [0.717, 1.165) is 28.1 Å². The normalized spacial score (nSPS) is 14.1. The molecule has 0 unspecified atom stereocenters. The topological polar surface area (TPSA) is 102 Å². The number of amides is 1. The Kier molecular flexibility index (Phi) is 9.19. The van der Waals surface area contributed by atoms with Gasteiger partial charge in [0.2, 0.25) is 5.91 Å². The van der Waals surface area contributed by atoms with Gasteiger partial charge in [0.05, 0.1) is 24.9 Å². The molecule has 0 radical (unpaired) electrons. The van der Waals surface area contributed by atoms with Crippen molar-refractivity contribution in [2.75, 3.05) is 7.11 Å². The first kappa shape index (κ1) is 29.2. The molecule has 2 heterocycles. The van der Waals surface area contributed by atoms with E-state index in [1.54, 1.807) is 7.11 Å². The van der Waals surface area contributed by atoms with Crippen molar-refractivity contribution in [3.63, 3.8) is 0 Å². The number of rotatable bonds is 6. The lowest BCUT2D eigenvalue weighted by Crippen LogP contribution is -2.25. The Hall–Kier alpha value is -3.79.